The quantitative estimate of drug-likeness (QED) is 0.723. The summed E-state index contributed by atoms with van der Waals surface area (Å²) in [4.78, 5) is 27.4. The summed E-state index contributed by atoms with van der Waals surface area (Å²) < 4.78 is 5.17. The topological polar surface area (TPSA) is 92.4 Å². The Balaban J connectivity index is 1.78. The van der Waals surface area contributed by atoms with Crippen molar-refractivity contribution in [2.45, 2.75) is 39.5 Å². The fourth-order valence-corrected chi connectivity index (χ4v) is 3.10. The zero-order chi connectivity index (χ0) is 16.8. The van der Waals surface area contributed by atoms with Crippen LogP contribution in [-0.4, -0.2) is 28.5 Å². The summed E-state index contributed by atoms with van der Waals surface area (Å²) in [6, 6.07) is 0. The number of furan rings is 1. The van der Waals surface area contributed by atoms with Crippen LogP contribution >= 0.6 is 11.3 Å². The van der Waals surface area contributed by atoms with Gasteiger partial charge in [0.2, 0.25) is 0 Å². The molecule has 0 aliphatic heterocycles. The molecule has 2 heterocycles. The van der Waals surface area contributed by atoms with Gasteiger partial charge in [0, 0.05) is 23.2 Å². The summed E-state index contributed by atoms with van der Waals surface area (Å²) in [5.74, 6) is -1.10. The molecule has 124 valence electrons. The lowest BCUT2D eigenvalue weighted by Gasteiger charge is -2.05. The van der Waals surface area contributed by atoms with Crippen LogP contribution in [0.25, 0.3) is 0 Å². The van der Waals surface area contributed by atoms with E-state index in [1.165, 1.54) is 6.26 Å². The molecule has 23 heavy (non-hydrogen) atoms. The Labute approximate surface area is 138 Å². The van der Waals surface area contributed by atoms with Crippen molar-refractivity contribution in [1.29, 1.82) is 0 Å². The van der Waals surface area contributed by atoms with E-state index in [0.717, 1.165) is 30.0 Å². The third kappa shape index (κ3) is 4.92. The standard InChI is InChI=1S/C16H20N2O4S/c1-10-8-22-12(7-14(19)20)15(10)16(21)17-6-4-3-5-13-18-11(2)9-23-13/h8-9H,3-7H2,1-2H3,(H,17,21)(H,19,20). The molecule has 2 rings (SSSR count). The van der Waals surface area contributed by atoms with Gasteiger partial charge < -0.3 is 14.8 Å². The molecule has 0 fully saturated rings. The molecule has 2 aromatic heterocycles. The number of aliphatic carboxylic acids is 1. The number of carboxylic acids is 1. The number of aryl methyl sites for hydroxylation is 3. The summed E-state index contributed by atoms with van der Waals surface area (Å²) in [7, 11) is 0. The second-order valence-electron chi connectivity index (χ2n) is 5.38. The van der Waals surface area contributed by atoms with Crippen molar-refractivity contribution in [3.63, 3.8) is 0 Å². The number of amides is 1. The number of aromatic nitrogens is 1. The smallest absolute Gasteiger partial charge is 0.311 e. The summed E-state index contributed by atoms with van der Waals surface area (Å²) in [5.41, 5.74) is 2.03. The van der Waals surface area contributed by atoms with E-state index in [4.69, 9.17) is 9.52 Å². The monoisotopic (exact) mass is 336 g/mol. The molecule has 0 saturated heterocycles. The van der Waals surface area contributed by atoms with E-state index in [0.29, 0.717) is 17.7 Å². The largest absolute Gasteiger partial charge is 0.481 e. The minimum Gasteiger partial charge on any atom is -0.481 e. The highest BCUT2D eigenvalue weighted by molar-refractivity contribution is 7.09. The lowest BCUT2D eigenvalue weighted by Crippen LogP contribution is -2.26. The first-order valence-electron chi connectivity index (χ1n) is 7.45. The highest BCUT2D eigenvalue weighted by atomic mass is 32.1. The number of hydrogen-bond acceptors (Lipinski definition) is 5. The van der Waals surface area contributed by atoms with Gasteiger partial charge in [0.25, 0.3) is 5.91 Å². The third-order valence-corrected chi connectivity index (χ3v) is 4.39. The fourth-order valence-electron chi connectivity index (χ4n) is 2.28. The van der Waals surface area contributed by atoms with Crippen molar-refractivity contribution < 1.29 is 19.1 Å². The number of carboxylic acid groups (broad SMARTS) is 1. The molecular weight excluding hydrogens is 316 g/mol. The molecule has 0 aliphatic rings. The van der Waals surface area contributed by atoms with E-state index in [1.807, 2.05) is 12.3 Å². The number of carbonyl (C=O) groups is 2. The van der Waals surface area contributed by atoms with Crippen LogP contribution in [0.1, 0.15) is 45.2 Å². The Morgan fingerprint density at radius 3 is 2.78 bits per heavy atom. The summed E-state index contributed by atoms with van der Waals surface area (Å²) in [5, 5.41) is 14.8. The van der Waals surface area contributed by atoms with Gasteiger partial charge in [-0.15, -0.1) is 11.3 Å². The Bertz CT molecular complexity index is 690. The van der Waals surface area contributed by atoms with Gasteiger partial charge in [0.05, 0.1) is 16.8 Å². The van der Waals surface area contributed by atoms with Crippen LogP contribution in [0.15, 0.2) is 16.1 Å². The minimum atomic E-state index is -1.02. The molecule has 0 bridgehead atoms. The van der Waals surface area contributed by atoms with E-state index in [1.54, 1.807) is 18.3 Å². The second-order valence-corrected chi connectivity index (χ2v) is 6.33. The van der Waals surface area contributed by atoms with Gasteiger partial charge in [0.1, 0.15) is 12.2 Å². The molecule has 0 spiro atoms. The molecular formula is C16H20N2O4S. The maximum absolute atomic E-state index is 12.2. The van der Waals surface area contributed by atoms with Gasteiger partial charge in [0.15, 0.2) is 0 Å². The number of hydrogen-bond donors (Lipinski definition) is 2. The third-order valence-electron chi connectivity index (χ3n) is 3.36. The highest BCUT2D eigenvalue weighted by Gasteiger charge is 2.20. The highest BCUT2D eigenvalue weighted by Crippen LogP contribution is 2.17. The molecule has 2 aromatic rings. The van der Waals surface area contributed by atoms with Gasteiger partial charge in [-0.1, -0.05) is 0 Å². The minimum absolute atomic E-state index is 0.200. The van der Waals surface area contributed by atoms with Crippen LogP contribution in [0.5, 0.6) is 0 Å². The first-order valence-corrected chi connectivity index (χ1v) is 8.33. The van der Waals surface area contributed by atoms with Crippen molar-refractivity contribution >= 4 is 23.2 Å². The average molecular weight is 336 g/mol. The summed E-state index contributed by atoms with van der Waals surface area (Å²) in [6.07, 6.45) is 3.82. The van der Waals surface area contributed by atoms with Crippen LogP contribution in [0, 0.1) is 13.8 Å². The van der Waals surface area contributed by atoms with E-state index in [2.05, 4.69) is 10.3 Å². The maximum atomic E-state index is 12.2. The molecule has 0 aliphatic carbocycles. The van der Waals surface area contributed by atoms with E-state index >= 15 is 0 Å². The number of unbranched alkanes of at least 4 members (excludes halogenated alkanes) is 1. The Kier molecular flexibility index (Phi) is 5.92. The molecule has 0 aromatic carbocycles. The van der Waals surface area contributed by atoms with Gasteiger partial charge in [-0.05, 0) is 33.1 Å². The number of nitrogens with zero attached hydrogens (tertiary/aromatic N) is 1. The fraction of sp³-hybridized carbons (Fsp3) is 0.438. The van der Waals surface area contributed by atoms with E-state index < -0.39 is 5.97 Å². The normalized spacial score (nSPS) is 10.7. The predicted molar refractivity (Wildman–Crippen MR) is 86.9 cm³/mol. The van der Waals surface area contributed by atoms with Crippen LogP contribution < -0.4 is 5.32 Å². The molecule has 0 radical (unpaired) electrons. The van der Waals surface area contributed by atoms with Gasteiger partial charge >= 0.3 is 5.97 Å². The predicted octanol–water partition coefficient (Wildman–Crippen LogP) is 2.73. The van der Waals surface area contributed by atoms with Crippen LogP contribution in [-0.2, 0) is 17.6 Å². The van der Waals surface area contributed by atoms with Crippen molar-refractivity contribution in [3.8, 4) is 0 Å². The van der Waals surface area contributed by atoms with E-state index in [9.17, 15) is 9.59 Å². The van der Waals surface area contributed by atoms with Gasteiger partial charge in [-0.2, -0.15) is 0 Å². The molecule has 0 unspecified atom stereocenters. The van der Waals surface area contributed by atoms with Crippen molar-refractivity contribution in [2.24, 2.45) is 0 Å². The van der Waals surface area contributed by atoms with Crippen LogP contribution in [0.2, 0.25) is 0 Å². The van der Waals surface area contributed by atoms with E-state index in [-0.39, 0.29) is 18.1 Å². The first kappa shape index (κ1) is 17.2. The SMILES string of the molecule is Cc1csc(CCCCNC(=O)c2c(C)coc2CC(=O)O)n1. The lowest BCUT2D eigenvalue weighted by atomic mass is 10.1. The van der Waals surface area contributed by atoms with Crippen molar-refractivity contribution in [1.82, 2.24) is 10.3 Å². The maximum Gasteiger partial charge on any atom is 0.311 e. The molecule has 1 amide bonds. The van der Waals surface area contributed by atoms with Crippen LogP contribution in [0.3, 0.4) is 0 Å². The Morgan fingerprint density at radius 2 is 2.13 bits per heavy atom. The number of thiazole rings is 1. The average Bonchev–Trinajstić information content (AvgIpc) is 3.04. The van der Waals surface area contributed by atoms with Crippen molar-refractivity contribution in [2.75, 3.05) is 6.54 Å². The second kappa shape index (κ2) is 7.92. The number of carbonyl (C=O) groups excluding carboxylic acids is 1. The number of nitrogens with one attached hydrogen (secondary N) is 1. The Morgan fingerprint density at radius 1 is 1.35 bits per heavy atom. The molecule has 2 N–H and O–H groups in total. The summed E-state index contributed by atoms with van der Waals surface area (Å²) >= 11 is 1.66. The van der Waals surface area contributed by atoms with Gasteiger partial charge in [-0.3, -0.25) is 9.59 Å². The molecule has 0 saturated carbocycles. The zero-order valence-corrected chi connectivity index (χ0v) is 14.0. The van der Waals surface area contributed by atoms with Gasteiger partial charge in [-0.25, -0.2) is 4.98 Å². The molecule has 0 atom stereocenters. The van der Waals surface area contributed by atoms with Crippen molar-refractivity contribution in [3.05, 3.63) is 39.2 Å². The lowest BCUT2D eigenvalue weighted by molar-refractivity contribution is -0.136. The molecule has 6 nitrogen and oxygen atoms in total. The first-order chi connectivity index (χ1) is 11.0. The summed E-state index contributed by atoms with van der Waals surface area (Å²) in [6.45, 7) is 4.25. The zero-order valence-electron chi connectivity index (χ0n) is 13.2. The molecule has 7 heteroatoms. The Hall–Kier alpha value is -2.15. The number of rotatable bonds is 8. The van der Waals surface area contributed by atoms with Crippen LogP contribution in [0.4, 0.5) is 0 Å².